The van der Waals surface area contributed by atoms with Crippen molar-refractivity contribution in [1.82, 2.24) is 10.1 Å². The van der Waals surface area contributed by atoms with Crippen LogP contribution in [0.4, 0.5) is 5.82 Å². The van der Waals surface area contributed by atoms with Crippen LogP contribution in [0.25, 0.3) is 6.08 Å². The summed E-state index contributed by atoms with van der Waals surface area (Å²) in [6.07, 6.45) is 4.72. The van der Waals surface area contributed by atoms with Gasteiger partial charge in [-0.25, -0.2) is 0 Å². The van der Waals surface area contributed by atoms with Crippen LogP contribution in [0.15, 0.2) is 40.9 Å². The largest absolute Gasteiger partial charge is 0.360 e. The van der Waals surface area contributed by atoms with Crippen LogP contribution >= 0.6 is 0 Å². The molecule has 1 aliphatic heterocycles. The van der Waals surface area contributed by atoms with E-state index in [0.29, 0.717) is 37.5 Å². The summed E-state index contributed by atoms with van der Waals surface area (Å²) in [4.78, 5) is 26.4. The predicted octanol–water partition coefficient (Wildman–Crippen LogP) is 3.18. The monoisotopic (exact) mass is 353 g/mol. The van der Waals surface area contributed by atoms with Gasteiger partial charge in [-0.15, -0.1) is 0 Å². The van der Waals surface area contributed by atoms with Crippen molar-refractivity contribution < 1.29 is 14.1 Å². The van der Waals surface area contributed by atoms with E-state index in [4.69, 9.17) is 4.52 Å². The van der Waals surface area contributed by atoms with E-state index in [1.165, 1.54) is 5.56 Å². The summed E-state index contributed by atoms with van der Waals surface area (Å²) in [5.74, 6) is 0.891. The van der Waals surface area contributed by atoms with E-state index in [1.807, 2.05) is 37.3 Å². The Hall–Kier alpha value is -2.89. The number of nitrogens with zero attached hydrogens (tertiary/aromatic N) is 2. The molecule has 1 saturated heterocycles. The van der Waals surface area contributed by atoms with E-state index < -0.39 is 0 Å². The summed E-state index contributed by atoms with van der Waals surface area (Å²) in [6, 6.07) is 9.70. The molecule has 2 heterocycles. The molecular weight excluding hydrogens is 330 g/mol. The lowest BCUT2D eigenvalue weighted by Gasteiger charge is -2.30. The average Bonchev–Trinajstić information content (AvgIpc) is 3.06. The third-order valence-corrected chi connectivity index (χ3v) is 4.55. The molecule has 136 valence electrons. The number of hydrogen-bond acceptors (Lipinski definition) is 4. The first-order valence-corrected chi connectivity index (χ1v) is 8.79. The Bertz CT molecular complexity index is 800. The number of likely N-dealkylation sites (tertiary alicyclic amines) is 1. The molecule has 0 radical (unpaired) electrons. The van der Waals surface area contributed by atoms with Gasteiger partial charge in [-0.05, 0) is 38.3 Å². The van der Waals surface area contributed by atoms with E-state index in [1.54, 1.807) is 24.0 Å². The number of amides is 2. The van der Waals surface area contributed by atoms with Crippen LogP contribution in [0.1, 0.15) is 29.7 Å². The van der Waals surface area contributed by atoms with Crippen molar-refractivity contribution >= 4 is 23.7 Å². The Kier molecular flexibility index (Phi) is 5.51. The van der Waals surface area contributed by atoms with Crippen LogP contribution in [0, 0.1) is 19.8 Å². The van der Waals surface area contributed by atoms with Gasteiger partial charge in [0.25, 0.3) is 0 Å². The first-order valence-electron chi connectivity index (χ1n) is 8.79. The topological polar surface area (TPSA) is 75.4 Å². The highest BCUT2D eigenvalue weighted by atomic mass is 16.5. The van der Waals surface area contributed by atoms with E-state index in [0.717, 1.165) is 5.56 Å². The van der Waals surface area contributed by atoms with Gasteiger partial charge in [-0.3, -0.25) is 9.59 Å². The fourth-order valence-electron chi connectivity index (χ4n) is 2.97. The Morgan fingerprint density at radius 2 is 1.88 bits per heavy atom. The van der Waals surface area contributed by atoms with Crippen molar-refractivity contribution in [2.75, 3.05) is 18.4 Å². The zero-order valence-electron chi connectivity index (χ0n) is 15.1. The molecule has 1 fully saturated rings. The standard InChI is InChI=1S/C20H23N3O3/c1-14-3-5-16(6-4-14)7-8-19(24)23-11-9-17(10-12-23)20(25)21-18-13-15(2)26-22-18/h3-8,13,17H,9-12H2,1-2H3,(H,21,22,25)/b8-7+. The maximum absolute atomic E-state index is 12.3. The number of rotatable bonds is 4. The lowest BCUT2D eigenvalue weighted by Crippen LogP contribution is -2.40. The summed E-state index contributed by atoms with van der Waals surface area (Å²) >= 11 is 0. The summed E-state index contributed by atoms with van der Waals surface area (Å²) in [5, 5.41) is 6.54. The molecule has 3 rings (SSSR count). The summed E-state index contributed by atoms with van der Waals surface area (Å²) < 4.78 is 4.95. The number of aromatic nitrogens is 1. The molecule has 1 aromatic carbocycles. The Labute approximate surface area is 152 Å². The molecule has 0 aliphatic carbocycles. The summed E-state index contributed by atoms with van der Waals surface area (Å²) in [6.45, 7) is 4.96. The van der Waals surface area contributed by atoms with Crippen molar-refractivity contribution in [3.8, 4) is 0 Å². The molecule has 0 spiro atoms. The second-order valence-corrected chi connectivity index (χ2v) is 6.66. The maximum Gasteiger partial charge on any atom is 0.246 e. The van der Waals surface area contributed by atoms with Gasteiger partial charge in [0.2, 0.25) is 11.8 Å². The van der Waals surface area contributed by atoms with Gasteiger partial charge in [0, 0.05) is 31.1 Å². The van der Waals surface area contributed by atoms with Crippen LogP contribution in [-0.2, 0) is 9.59 Å². The zero-order chi connectivity index (χ0) is 18.5. The van der Waals surface area contributed by atoms with Crippen LogP contribution in [-0.4, -0.2) is 35.0 Å². The van der Waals surface area contributed by atoms with Gasteiger partial charge in [0.05, 0.1) is 0 Å². The van der Waals surface area contributed by atoms with E-state index in [-0.39, 0.29) is 17.7 Å². The number of benzene rings is 1. The number of piperidine rings is 1. The molecule has 2 aromatic rings. The van der Waals surface area contributed by atoms with Crippen molar-refractivity contribution in [2.24, 2.45) is 5.92 Å². The quantitative estimate of drug-likeness (QED) is 0.857. The van der Waals surface area contributed by atoms with Crippen molar-refractivity contribution in [2.45, 2.75) is 26.7 Å². The number of carbonyl (C=O) groups excluding carboxylic acids is 2. The molecule has 6 nitrogen and oxygen atoms in total. The Balaban J connectivity index is 1.48. The number of carbonyl (C=O) groups is 2. The summed E-state index contributed by atoms with van der Waals surface area (Å²) in [7, 11) is 0. The van der Waals surface area contributed by atoms with E-state index in [2.05, 4.69) is 10.5 Å². The molecule has 26 heavy (non-hydrogen) atoms. The minimum absolute atomic E-state index is 0.0171. The average molecular weight is 353 g/mol. The van der Waals surface area contributed by atoms with Crippen LogP contribution in [0.2, 0.25) is 0 Å². The van der Waals surface area contributed by atoms with Gasteiger partial charge >= 0.3 is 0 Å². The fraction of sp³-hybridized carbons (Fsp3) is 0.350. The lowest BCUT2D eigenvalue weighted by atomic mass is 9.96. The second-order valence-electron chi connectivity index (χ2n) is 6.66. The van der Waals surface area contributed by atoms with E-state index in [9.17, 15) is 9.59 Å². The molecule has 1 aliphatic rings. The van der Waals surface area contributed by atoms with Crippen LogP contribution < -0.4 is 5.32 Å². The van der Waals surface area contributed by atoms with Gasteiger partial charge in [-0.1, -0.05) is 35.0 Å². The van der Waals surface area contributed by atoms with Crippen LogP contribution in [0.3, 0.4) is 0 Å². The molecule has 0 atom stereocenters. The minimum atomic E-state index is -0.114. The molecular formula is C20H23N3O3. The Morgan fingerprint density at radius 1 is 1.19 bits per heavy atom. The highest BCUT2D eigenvalue weighted by molar-refractivity contribution is 5.93. The predicted molar refractivity (Wildman–Crippen MR) is 99.4 cm³/mol. The van der Waals surface area contributed by atoms with E-state index >= 15 is 0 Å². The van der Waals surface area contributed by atoms with Crippen molar-refractivity contribution in [1.29, 1.82) is 0 Å². The molecule has 0 unspecified atom stereocenters. The molecule has 0 bridgehead atoms. The third-order valence-electron chi connectivity index (χ3n) is 4.55. The zero-order valence-corrected chi connectivity index (χ0v) is 15.1. The molecule has 0 saturated carbocycles. The number of aryl methyl sites for hydroxylation is 2. The van der Waals surface area contributed by atoms with Gasteiger partial charge in [-0.2, -0.15) is 0 Å². The molecule has 6 heteroatoms. The Morgan fingerprint density at radius 3 is 2.50 bits per heavy atom. The third kappa shape index (κ3) is 4.59. The smallest absolute Gasteiger partial charge is 0.246 e. The fourth-order valence-corrected chi connectivity index (χ4v) is 2.97. The van der Waals surface area contributed by atoms with Crippen LogP contribution in [0.5, 0.6) is 0 Å². The molecule has 1 aromatic heterocycles. The lowest BCUT2D eigenvalue weighted by molar-refractivity contribution is -0.130. The van der Waals surface area contributed by atoms with Gasteiger partial charge in [0.15, 0.2) is 5.82 Å². The molecule has 1 N–H and O–H groups in total. The van der Waals surface area contributed by atoms with Gasteiger partial charge in [0.1, 0.15) is 5.76 Å². The van der Waals surface area contributed by atoms with Gasteiger partial charge < -0.3 is 14.7 Å². The molecule has 2 amide bonds. The SMILES string of the molecule is Cc1ccc(/C=C/C(=O)N2CCC(C(=O)Nc3cc(C)on3)CC2)cc1. The highest BCUT2D eigenvalue weighted by Gasteiger charge is 2.27. The first-order chi connectivity index (χ1) is 12.5. The second kappa shape index (κ2) is 7.99. The summed E-state index contributed by atoms with van der Waals surface area (Å²) in [5.41, 5.74) is 2.19. The normalized spacial score (nSPS) is 15.4. The van der Waals surface area contributed by atoms with Crippen molar-refractivity contribution in [3.63, 3.8) is 0 Å². The number of nitrogens with one attached hydrogen (secondary N) is 1. The highest BCUT2D eigenvalue weighted by Crippen LogP contribution is 2.20. The number of anilines is 1. The van der Waals surface area contributed by atoms with Crippen molar-refractivity contribution in [3.05, 3.63) is 53.3 Å². The first kappa shape index (κ1) is 17.9. The minimum Gasteiger partial charge on any atom is -0.360 e. The number of hydrogen-bond donors (Lipinski definition) is 1. The maximum atomic E-state index is 12.3.